The quantitative estimate of drug-likeness (QED) is 0.610. The van der Waals surface area contributed by atoms with Gasteiger partial charge in [0.05, 0.1) is 13.7 Å². The van der Waals surface area contributed by atoms with E-state index in [4.69, 9.17) is 4.74 Å². The third kappa shape index (κ3) is 6.05. The molecule has 0 aliphatic heterocycles. The topological polar surface area (TPSA) is 62.7 Å². The molecular weight excluding hydrogens is 290 g/mol. The molecule has 2 aromatic rings. The third-order valence-electron chi connectivity index (χ3n) is 2.98. The van der Waals surface area contributed by atoms with Gasteiger partial charge in [0.25, 0.3) is 5.91 Å². The average Bonchev–Trinajstić information content (AvgIpc) is 2.61. The number of hydrogen-bond donors (Lipinski definition) is 2. The Kier molecular flexibility index (Phi) is 6.41. The Hall–Kier alpha value is -3.08. The molecule has 23 heavy (non-hydrogen) atoms. The van der Waals surface area contributed by atoms with Crippen molar-refractivity contribution in [3.8, 4) is 5.75 Å². The van der Waals surface area contributed by atoms with Gasteiger partial charge in [0, 0.05) is 11.9 Å². The number of amides is 1. The zero-order valence-electron chi connectivity index (χ0n) is 12.9. The van der Waals surface area contributed by atoms with Crippen LogP contribution in [0.1, 0.15) is 5.56 Å². The van der Waals surface area contributed by atoms with Crippen LogP contribution in [0.4, 0.5) is 5.69 Å². The number of benzene rings is 2. The number of nitrogens with one attached hydrogen (secondary N) is 2. The van der Waals surface area contributed by atoms with Crippen LogP contribution in [-0.2, 0) is 4.79 Å². The molecule has 0 saturated carbocycles. The SMILES string of the molecule is COc1ccc(NCC(=O)N/N=C\C=C\c2ccccc2)cc1. The first-order valence-corrected chi connectivity index (χ1v) is 7.19. The predicted octanol–water partition coefficient (Wildman–Crippen LogP) is 2.92. The Balaban J connectivity index is 1.70. The van der Waals surface area contributed by atoms with E-state index in [-0.39, 0.29) is 12.5 Å². The summed E-state index contributed by atoms with van der Waals surface area (Å²) in [6.45, 7) is 0.145. The molecule has 2 rings (SSSR count). The highest BCUT2D eigenvalue weighted by Gasteiger charge is 1.99. The standard InChI is InChI=1S/C18H19N3O2/c1-23-17-11-9-16(10-12-17)19-14-18(22)21-20-13-5-8-15-6-3-2-4-7-15/h2-13,19H,14H2,1H3,(H,21,22)/b8-5+,20-13-. The zero-order chi connectivity index (χ0) is 16.3. The van der Waals surface area contributed by atoms with Crippen LogP contribution in [-0.4, -0.2) is 25.8 Å². The summed E-state index contributed by atoms with van der Waals surface area (Å²) in [6.07, 6.45) is 5.22. The molecule has 1 amide bonds. The highest BCUT2D eigenvalue weighted by atomic mass is 16.5. The minimum atomic E-state index is -0.217. The summed E-state index contributed by atoms with van der Waals surface area (Å²) < 4.78 is 5.07. The first-order valence-electron chi connectivity index (χ1n) is 7.19. The molecule has 5 heteroatoms. The molecule has 0 fully saturated rings. The van der Waals surface area contributed by atoms with E-state index in [2.05, 4.69) is 15.8 Å². The van der Waals surface area contributed by atoms with Gasteiger partial charge in [-0.2, -0.15) is 5.10 Å². The molecule has 0 bridgehead atoms. The first-order chi connectivity index (χ1) is 11.3. The monoisotopic (exact) mass is 309 g/mol. The van der Waals surface area contributed by atoms with Crippen molar-refractivity contribution < 1.29 is 9.53 Å². The number of carbonyl (C=O) groups is 1. The van der Waals surface area contributed by atoms with Crippen molar-refractivity contribution in [3.63, 3.8) is 0 Å². The van der Waals surface area contributed by atoms with Gasteiger partial charge in [-0.3, -0.25) is 4.79 Å². The van der Waals surface area contributed by atoms with Gasteiger partial charge >= 0.3 is 0 Å². The fourth-order valence-electron chi connectivity index (χ4n) is 1.80. The molecule has 2 aromatic carbocycles. The number of hydrogen-bond acceptors (Lipinski definition) is 4. The van der Waals surface area contributed by atoms with Crippen molar-refractivity contribution >= 4 is 23.9 Å². The van der Waals surface area contributed by atoms with E-state index >= 15 is 0 Å². The Morgan fingerprint density at radius 3 is 2.57 bits per heavy atom. The fourth-order valence-corrected chi connectivity index (χ4v) is 1.80. The van der Waals surface area contributed by atoms with Crippen LogP contribution < -0.4 is 15.5 Å². The lowest BCUT2D eigenvalue weighted by Gasteiger charge is -2.06. The molecule has 0 saturated heterocycles. The lowest BCUT2D eigenvalue weighted by molar-refractivity contribution is -0.119. The maximum atomic E-state index is 11.6. The molecule has 0 radical (unpaired) electrons. The fraction of sp³-hybridized carbons (Fsp3) is 0.111. The molecular formula is C18H19N3O2. The smallest absolute Gasteiger partial charge is 0.259 e. The summed E-state index contributed by atoms with van der Waals surface area (Å²) in [5.41, 5.74) is 4.37. The highest BCUT2D eigenvalue weighted by Crippen LogP contribution is 2.14. The Bertz CT molecular complexity index is 664. The second-order valence-corrected chi connectivity index (χ2v) is 4.67. The average molecular weight is 309 g/mol. The van der Waals surface area contributed by atoms with Crippen molar-refractivity contribution in [2.75, 3.05) is 19.0 Å². The summed E-state index contributed by atoms with van der Waals surface area (Å²) in [6, 6.07) is 17.2. The molecule has 2 N–H and O–H groups in total. The number of hydrazone groups is 1. The zero-order valence-corrected chi connectivity index (χ0v) is 12.9. The minimum Gasteiger partial charge on any atom is -0.497 e. The van der Waals surface area contributed by atoms with Gasteiger partial charge < -0.3 is 10.1 Å². The van der Waals surface area contributed by atoms with Crippen LogP contribution >= 0.6 is 0 Å². The van der Waals surface area contributed by atoms with E-state index in [1.807, 2.05) is 60.7 Å². The van der Waals surface area contributed by atoms with E-state index < -0.39 is 0 Å². The van der Waals surface area contributed by atoms with Crippen molar-refractivity contribution in [1.82, 2.24) is 5.43 Å². The number of ether oxygens (including phenoxy) is 1. The number of allylic oxidation sites excluding steroid dienone is 1. The van der Waals surface area contributed by atoms with Gasteiger partial charge in [-0.25, -0.2) is 5.43 Å². The van der Waals surface area contributed by atoms with Gasteiger partial charge in [-0.1, -0.05) is 36.4 Å². The molecule has 0 aliphatic rings. The van der Waals surface area contributed by atoms with Gasteiger partial charge in [0.1, 0.15) is 5.75 Å². The molecule has 118 valence electrons. The third-order valence-corrected chi connectivity index (χ3v) is 2.98. The molecule has 0 aromatic heterocycles. The van der Waals surface area contributed by atoms with Gasteiger partial charge in [-0.05, 0) is 35.9 Å². The van der Waals surface area contributed by atoms with Crippen molar-refractivity contribution in [2.45, 2.75) is 0 Å². The molecule has 0 heterocycles. The van der Waals surface area contributed by atoms with E-state index in [1.54, 1.807) is 13.2 Å². The Morgan fingerprint density at radius 2 is 1.87 bits per heavy atom. The van der Waals surface area contributed by atoms with Crippen LogP contribution in [0.3, 0.4) is 0 Å². The van der Waals surface area contributed by atoms with Crippen LogP contribution in [0.25, 0.3) is 6.08 Å². The van der Waals surface area contributed by atoms with E-state index in [9.17, 15) is 4.79 Å². The summed E-state index contributed by atoms with van der Waals surface area (Å²) in [5, 5.41) is 6.86. The molecule has 0 unspecified atom stereocenters. The molecule has 5 nitrogen and oxygen atoms in total. The maximum absolute atomic E-state index is 11.6. The number of nitrogens with zero attached hydrogens (tertiary/aromatic N) is 1. The van der Waals surface area contributed by atoms with E-state index in [0.717, 1.165) is 17.0 Å². The van der Waals surface area contributed by atoms with Crippen LogP contribution in [0.2, 0.25) is 0 Å². The van der Waals surface area contributed by atoms with Gasteiger partial charge in [-0.15, -0.1) is 0 Å². The van der Waals surface area contributed by atoms with Gasteiger partial charge in [0.2, 0.25) is 0 Å². The minimum absolute atomic E-state index is 0.145. The lowest BCUT2D eigenvalue weighted by Crippen LogP contribution is -2.25. The second kappa shape index (κ2) is 9.04. The number of methoxy groups -OCH3 is 1. The molecule has 0 aliphatic carbocycles. The summed E-state index contributed by atoms with van der Waals surface area (Å²) in [4.78, 5) is 11.6. The van der Waals surface area contributed by atoms with Crippen LogP contribution in [0, 0.1) is 0 Å². The second-order valence-electron chi connectivity index (χ2n) is 4.67. The summed E-state index contributed by atoms with van der Waals surface area (Å²) >= 11 is 0. The first kappa shape index (κ1) is 16.3. The largest absolute Gasteiger partial charge is 0.497 e. The van der Waals surface area contributed by atoms with Crippen LogP contribution in [0.5, 0.6) is 5.75 Å². The predicted molar refractivity (Wildman–Crippen MR) is 93.6 cm³/mol. The van der Waals surface area contributed by atoms with Crippen molar-refractivity contribution in [1.29, 1.82) is 0 Å². The van der Waals surface area contributed by atoms with Crippen molar-refractivity contribution in [3.05, 3.63) is 66.2 Å². The number of anilines is 1. The van der Waals surface area contributed by atoms with Crippen LogP contribution in [0.15, 0.2) is 65.8 Å². The van der Waals surface area contributed by atoms with Gasteiger partial charge in [0.15, 0.2) is 0 Å². The Morgan fingerprint density at radius 1 is 1.13 bits per heavy atom. The molecule has 0 atom stereocenters. The van der Waals surface area contributed by atoms with E-state index in [0.29, 0.717) is 0 Å². The van der Waals surface area contributed by atoms with Crippen molar-refractivity contribution in [2.24, 2.45) is 5.10 Å². The highest BCUT2D eigenvalue weighted by molar-refractivity contribution is 5.83. The Labute approximate surface area is 135 Å². The lowest BCUT2D eigenvalue weighted by atomic mass is 10.2. The normalized spacial score (nSPS) is 10.8. The summed E-state index contributed by atoms with van der Waals surface area (Å²) in [5.74, 6) is 0.556. The molecule has 0 spiro atoms. The van der Waals surface area contributed by atoms with E-state index in [1.165, 1.54) is 6.21 Å². The number of rotatable bonds is 7. The summed E-state index contributed by atoms with van der Waals surface area (Å²) in [7, 11) is 1.61. The maximum Gasteiger partial charge on any atom is 0.259 e. The number of carbonyl (C=O) groups excluding carboxylic acids is 1.